The smallest absolute Gasteiger partial charge is 0.310 e. The lowest BCUT2D eigenvalue weighted by atomic mass is 9.82. The molecule has 0 radical (unpaired) electrons. The molecule has 1 aliphatic rings. The Kier molecular flexibility index (Phi) is 4.89. The van der Waals surface area contributed by atoms with E-state index in [-0.39, 0.29) is 11.9 Å². The molecule has 116 valence electrons. The van der Waals surface area contributed by atoms with Crippen LogP contribution in [0.4, 0.5) is 4.39 Å². The first-order valence-corrected chi connectivity index (χ1v) is 7.70. The summed E-state index contributed by atoms with van der Waals surface area (Å²) in [6.07, 6.45) is 2.19. The maximum absolute atomic E-state index is 13.1. The van der Waals surface area contributed by atoms with Crippen LogP contribution in [0.1, 0.15) is 44.7 Å². The van der Waals surface area contributed by atoms with Gasteiger partial charge >= 0.3 is 5.97 Å². The van der Waals surface area contributed by atoms with E-state index in [9.17, 15) is 14.3 Å². The average molecular weight is 314 g/mol. The Morgan fingerprint density at radius 2 is 2.29 bits per heavy atom. The number of nitrogens with zero attached hydrogens (tertiary/aromatic N) is 1. The van der Waals surface area contributed by atoms with E-state index in [4.69, 9.17) is 11.6 Å². The highest BCUT2D eigenvalue weighted by atomic mass is 35.5. The summed E-state index contributed by atoms with van der Waals surface area (Å²) in [7, 11) is 0. The minimum atomic E-state index is -0.718. The lowest BCUT2D eigenvalue weighted by Gasteiger charge is -2.28. The van der Waals surface area contributed by atoms with Crippen LogP contribution in [-0.4, -0.2) is 29.1 Å². The van der Waals surface area contributed by atoms with E-state index in [1.165, 1.54) is 12.1 Å². The number of likely N-dealkylation sites (tertiary alicyclic amines) is 1. The fraction of sp³-hybridized carbons (Fsp3) is 0.562. The fourth-order valence-electron chi connectivity index (χ4n) is 3.24. The van der Waals surface area contributed by atoms with Crippen molar-refractivity contribution in [1.82, 2.24) is 4.90 Å². The Balaban J connectivity index is 2.18. The predicted molar refractivity (Wildman–Crippen MR) is 81.0 cm³/mol. The zero-order valence-corrected chi connectivity index (χ0v) is 13.2. The third kappa shape index (κ3) is 3.22. The van der Waals surface area contributed by atoms with Gasteiger partial charge in [-0.1, -0.05) is 31.0 Å². The second-order valence-corrected chi connectivity index (χ2v) is 6.30. The molecular weight excluding hydrogens is 293 g/mol. The van der Waals surface area contributed by atoms with Crippen LogP contribution < -0.4 is 0 Å². The second kappa shape index (κ2) is 6.32. The maximum Gasteiger partial charge on any atom is 0.310 e. The Labute approximate surface area is 129 Å². The van der Waals surface area contributed by atoms with Gasteiger partial charge in [-0.2, -0.15) is 0 Å². The Morgan fingerprint density at radius 3 is 2.86 bits per heavy atom. The molecule has 1 heterocycles. The second-order valence-electron chi connectivity index (χ2n) is 5.90. The zero-order valence-electron chi connectivity index (χ0n) is 12.4. The predicted octanol–water partition coefficient (Wildman–Crippen LogP) is 4.12. The van der Waals surface area contributed by atoms with E-state index in [2.05, 4.69) is 4.90 Å². The number of carboxylic acid groups (broad SMARTS) is 1. The molecule has 1 saturated heterocycles. The third-order valence-electron chi connectivity index (χ3n) is 4.53. The van der Waals surface area contributed by atoms with Crippen molar-refractivity contribution in [3.63, 3.8) is 0 Å². The molecule has 2 unspecified atom stereocenters. The van der Waals surface area contributed by atoms with Crippen LogP contribution in [0, 0.1) is 11.2 Å². The van der Waals surface area contributed by atoms with Gasteiger partial charge in [-0.05, 0) is 44.0 Å². The summed E-state index contributed by atoms with van der Waals surface area (Å²) in [5, 5.41) is 9.95. The quantitative estimate of drug-likeness (QED) is 0.889. The molecule has 3 nitrogen and oxygen atoms in total. The van der Waals surface area contributed by atoms with Gasteiger partial charge in [0.25, 0.3) is 0 Å². The Bertz CT molecular complexity index is 537. The van der Waals surface area contributed by atoms with Gasteiger partial charge < -0.3 is 5.11 Å². The highest BCUT2D eigenvalue weighted by molar-refractivity contribution is 6.31. The molecular formula is C16H21ClFNO2. The van der Waals surface area contributed by atoms with E-state index < -0.39 is 11.4 Å². The molecule has 0 spiro atoms. The molecule has 0 amide bonds. The minimum Gasteiger partial charge on any atom is -0.481 e. The zero-order chi connectivity index (χ0) is 15.6. The summed E-state index contributed by atoms with van der Waals surface area (Å²) in [5.74, 6) is -1.08. The van der Waals surface area contributed by atoms with Crippen LogP contribution in [0.3, 0.4) is 0 Å². The van der Waals surface area contributed by atoms with Crippen LogP contribution >= 0.6 is 11.6 Å². The monoisotopic (exact) mass is 313 g/mol. The highest BCUT2D eigenvalue weighted by Gasteiger charge is 2.45. The number of hydrogen-bond donors (Lipinski definition) is 1. The molecule has 0 aliphatic carbocycles. The lowest BCUT2D eigenvalue weighted by Crippen LogP contribution is -2.35. The normalized spacial score (nSPS) is 24.2. The van der Waals surface area contributed by atoms with Crippen LogP contribution in [0.25, 0.3) is 0 Å². The van der Waals surface area contributed by atoms with Crippen LogP contribution in [0.15, 0.2) is 18.2 Å². The van der Waals surface area contributed by atoms with Crippen molar-refractivity contribution in [1.29, 1.82) is 0 Å². The first kappa shape index (κ1) is 16.2. The molecule has 1 aromatic carbocycles. The summed E-state index contributed by atoms with van der Waals surface area (Å²) < 4.78 is 13.1. The van der Waals surface area contributed by atoms with Gasteiger partial charge in [-0.15, -0.1) is 0 Å². The van der Waals surface area contributed by atoms with E-state index in [1.807, 2.05) is 13.8 Å². The number of hydrogen-bond acceptors (Lipinski definition) is 2. The summed E-state index contributed by atoms with van der Waals surface area (Å²) in [4.78, 5) is 13.8. The van der Waals surface area contributed by atoms with E-state index in [0.29, 0.717) is 24.4 Å². The number of carbonyl (C=O) groups is 1. The van der Waals surface area contributed by atoms with Gasteiger partial charge in [0.05, 0.1) is 5.41 Å². The summed E-state index contributed by atoms with van der Waals surface area (Å²) in [6.45, 7) is 5.24. The van der Waals surface area contributed by atoms with E-state index in [0.717, 1.165) is 18.5 Å². The standard InChI is InChI=1S/C16H21ClFNO2/c1-3-6-16(15(20)21)7-8-19(10-16)11(2)13-5-4-12(18)9-14(13)17/h4-5,9,11H,3,6-8,10H2,1-2H3,(H,20,21). The third-order valence-corrected chi connectivity index (χ3v) is 4.85. The van der Waals surface area contributed by atoms with Crippen molar-refractivity contribution in [2.45, 2.75) is 39.2 Å². The number of aliphatic carboxylic acids is 1. The maximum atomic E-state index is 13.1. The average Bonchev–Trinajstić information content (AvgIpc) is 2.84. The van der Waals surface area contributed by atoms with Gasteiger partial charge in [0.15, 0.2) is 0 Å². The first-order valence-electron chi connectivity index (χ1n) is 7.32. The molecule has 0 bridgehead atoms. The topological polar surface area (TPSA) is 40.5 Å². The number of benzene rings is 1. The molecule has 5 heteroatoms. The van der Waals surface area contributed by atoms with Gasteiger partial charge in [0, 0.05) is 17.6 Å². The molecule has 1 aromatic rings. The molecule has 21 heavy (non-hydrogen) atoms. The van der Waals surface area contributed by atoms with Crippen LogP contribution in [0.2, 0.25) is 5.02 Å². The van der Waals surface area contributed by atoms with Crippen molar-refractivity contribution >= 4 is 17.6 Å². The fourth-order valence-corrected chi connectivity index (χ4v) is 3.56. The molecule has 0 saturated carbocycles. The van der Waals surface area contributed by atoms with Gasteiger partial charge in [0.2, 0.25) is 0 Å². The number of rotatable bonds is 5. The molecule has 2 rings (SSSR count). The molecule has 1 aliphatic heterocycles. The SMILES string of the molecule is CCCC1(C(=O)O)CCN(C(C)c2ccc(F)cc2Cl)C1. The van der Waals surface area contributed by atoms with Crippen molar-refractivity contribution in [3.8, 4) is 0 Å². The highest BCUT2D eigenvalue weighted by Crippen LogP contribution is 2.40. The number of halogens is 2. The lowest BCUT2D eigenvalue weighted by molar-refractivity contribution is -0.148. The Morgan fingerprint density at radius 1 is 1.57 bits per heavy atom. The molecule has 2 atom stereocenters. The summed E-state index contributed by atoms with van der Waals surface area (Å²) in [6, 6.07) is 4.36. The Hall–Kier alpha value is -1.13. The molecule has 1 N–H and O–H groups in total. The molecule has 0 aromatic heterocycles. The summed E-state index contributed by atoms with van der Waals surface area (Å²) >= 11 is 6.11. The van der Waals surface area contributed by atoms with Gasteiger partial charge in [-0.25, -0.2) is 4.39 Å². The van der Waals surface area contributed by atoms with Gasteiger partial charge in [0.1, 0.15) is 5.82 Å². The summed E-state index contributed by atoms with van der Waals surface area (Å²) in [5.41, 5.74) is 0.186. The van der Waals surface area contributed by atoms with Crippen LogP contribution in [-0.2, 0) is 4.79 Å². The van der Waals surface area contributed by atoms with Gasteiger partial charge in [-0.3, -0.25) is 9.69 Å². The largest absolute Gasteiger partial charge is 0.481 e. The van der Waals surface area contributed by atoms with Crippen molar-refractivity contribution in [2.24, 2.45) is 5.41 Å². The number of carboxylic acids is 1. The first-order chi connectivity index (χ1) is 9.89. The van der Waals surface area contributed by atoms with Crippen molar-refractivity contribution in [2.75, 3.05) is 13.1 Å². The van der Waals surface area contributed by atoms with Crippen LogP contribution in [0.5, 0.6) is 0 Å². The molecule has 1 fully saturated rings. The van der Waals surface area contributed by atoms with Crippen molar-refractivity contribution in [3.05, 3.63) is 34.6 Å². The van der Waals surface area contributed by atoms with E-state index in [1.54, 1.807) is 6.07 Å². The minimum absolute atomic E-state index is 0.0174. The van der Waals surface area contributed by atoms with E-state index >= 15 is 0 Å². The van der Waals surface area contributed by atoms with Crippen molar-refractivity contribution < 1.29 is 14.3 Å².